The van der Waals surface area contributed by atoms with Crippen molar-refractivity contribution in [3.8, 4) is 0 Å². The van der Waals surface area contributed by atoms with Crippen LogP contribution < -0.4 is 11.1 Å². The zero-order chi connectivity index (χ0) is 16.8. The minimum Gasteiger partial charge on any atom is -0.366 e. The number of primary amides is 1. The van der Waals surface area contributed by atoms with Crippen LogP contribution in [0.3, 0.4) is 0 Å². The molecule has 1 aromatic carbocycles. The zero-order valence-electron chi connectivity index (χ0n) is 13.1. The molecule has 0 bridgehead atoms. The molecule has 0 aliphatic carbocycles. The van der Waals surface area contributed by atoms with Gasteiger partial charge in [0, 0.05) is 24.3 Å². The summed E-state index contributed by atoms with van der Waals surface area (Å²) >= 11 is 6.80. The van der Waals surface area contributed by atoms with Gasteiger partial charge in [0.05, 0.1) is 5.75 Å². The van der Waals surface area contributed by atoms with Gasteiger partial charge in [0.2, 0.25) is 11.8 Å². The van der Waals surface area contributed by atoms with Crippen LogP contribution in [0.15, 0.2) is 24.3 Å². The molecule has 1 aliphatic rings. The van der Waals surface area contributed by atoms with Crippen LogP contribution in [-0.2, 0) is 4.79 Å². The van der Waals surface area contributed by atoms with Crippen LogP contribution in [-0.4, -0.2) is 39.9 Å². The van der Waals surface area contributed by atoms with E-state index in [4.69, 9.17) is 18.0 Å². The molecule has 1 aliphatic heterocycles. The van der Waals surface area contributed by atoms with Gasteiger partial charge >= 0.3 is 0 Å². The molecule has 0 aromatic heterocycles. The summed E-state index contributed by atoms with van der Waals surface area (Å²) in [6.45, 7) is 4.18. The molecule has 1 saturated heterocycles. The molecular weight excluding hydrogens is 330 g/mol. The third-order valence-corrected chi connectivity index (χ3v) is 5.22. The highest BCUT2D eigenvalue weighted by molar-refractivity contribution is 8.23. The first-order valence-electron chi connectivity index (χ1n) is 7.57. The predicted octanol–water partition coefficient (Wildman–Crippen LogP) is 2.47. The summed E-state index contributed by atoms with van der Waals surface area (Å²) in [7, 11) is 0. The van der Waals surface area contributed by atoms with E-state index in [0.717, 1.165) is 23.8 Å². The summed E-state index contributed by atoms with van der Waals surface area (Å²) in [5.74, 6) is 0.329. The zero-order valence-corrected chi connectivity index (χ0v) is 14.7. The van der Waals surface area contributed by atoms with Gasteiger partial charge in [0.15, 0.2) is 0 Å². The van der Waals surface area contributed by atoms with Crippen molar-refractivity contribution in [1.29, 1.82) is 0 Å². The fourth-order valence-electron chi connectivity index (χ4n) is 2.49. The maximum absolute atomic E-state index is 12.0. The van der Waals surface area contributed by atoms with E-state index in [2.05, 4.69) is 17.1 Å². The molecule has 124 valence electrons. The van der Waals surface area contributed by atoms with Gasteiger partial charge in [0.25, 0.3) is 0 Å². The van der Waals surface area contributed by atoms with E-state index in [1.54, 1.807) is 24.3 Å². The molecule has 2 rings (SSSR count). The molecule has 0 saturated carbocycles. The number of thioether (sulfide) groups is 1. The topological polar surface area (TPSA) is 75.4 Å². The van der Waals surface area contributed by atoms with Crippen LogP contribution in [0, 0.1) is 5.92 Å². The lowest BCUT2D eigenvalue weighted by molar-refractivity contribution is -0.113. The molecule has 0 spiro atoms. The van der Waals surface area contributed by atoms with Crippen LogP contribution in [0.2, 0.25) is 0 Å². The number of hydrogen-bond donors (Lipinski definition) is 2. The molecule has 5 nitrogen and oxygen atoms in total. The van der Waals surface area contributed by atoms with Gasteiger partial charge in [-0.3, -0.25) is 9.59 Å². The first-order valence-corrected chi connectivity index (χ1v) is 8.96. The summed E-state index contributed by atoms with van der Waals surface area (Å²) in [4.78, 5) is 25.2. The number of nitrogens with one attached hydrogen (secondary N) is 1. The Balaban J connectivity index is 1.78. The standard InChI is InChI=1S/C16H21N3O2S2/c1-11-3-2-8-19(9-11)16(22)23-10-14(20)18-13-6-4-12(5-7-13)15(17)21/h4-7,11H,2-3,8-10H2,1H3,(H2,17,21)(H,18,20)/t11-/m0/s1. The Labute approximate surface area is 146 Å². The Morgan fingerprint density at radius 2 is 2.09 bits per heavy atom. The molecule has 1 heterocycles. The summed E-state index contributed by atoms with van der Waals surface area (Å²) in [6.07, 6.45) is 2.39. The van der Waals surface area contributed by atoms with Gasteiger partial charge < -0.3 is 16.0 Å². The highest BCUT2D eigenvalue weighted by Gasteiger charge is 2.19. The number of rotatable bonds is 4. The van der Waals surface area contributed by atoms with Crippen molar-refractivity contribution in [2.45, 2.75) is 19.8 Å². The highest BCUT2D eigenvalue weighted by Crippen LogP contribution is 2.20. The molecular formula is C16H21N3O2S2. The van der Waals surface area contributed by atoms with Gasteiger partial charge in [-0.05, 0) is 43.0 Å². The minimum absolute atomic E-state index is 0.116. The number of likely N-dealkylation sites (tertiary alicyclic amines) is 1. The molecule has 0 radical (unpaired) electrons. The maximum Gasteiger partial charge on any atom is 0.248 e. The number of nitrogens with zero attached hydrogens (tertiary/aromatic N) is 1. The molecule has 2 amide bonds. The smallest absolute Gasteiger partial charge is 0.248 e. The molecule has 3 N–H and O–H groups in total. The normalized spacial score (nSPS) is 17.6. The van der Waals surface area contributed by atoms with Crippen LogP contribution in [0.1, 0.15) is 30.1 Å². The van der Waals surface area contributed by atoms with E-state index in [0.29, 0.717) is 17.2 Å². The molecule has 23 heavy (non-hydrogen) atoms. The maximum atomic E-state index is 12.0. The number of carbonyl (C=O) groups excluding carboxylic acids is 2. The average Bonchev–Trinajstić information content (AvgIpc) is 2.53. The average molecular weight is 351 g/mol. The summed E-state index contributed by atoms with van der Waals surface area (Å²) in [6, 6.07) is 6.50. The molecule has 1 aromatic rings. The van der Waals surface area contributed by atoms with Crippen molar-refractivity contribution in [2.75, 3.05) is 24.2 Å². The highest BCUT2D eigenvalue weighted by atomic mass is 32.2. The fraction of sp³-hybridized carbons (Fsp3) is 0.438. The summed E-state index contributed by atoms with van der Waals surface area (Å²) in [5.41, 5.74) is 6.23. The van der Waals surface area contributed by atoms with Crippen LogP contribution in [0.5, 0.6) is 0 Å². The minimum atomic E-state index is -0.487. The molecule has 7 heteroatoms. The van der Waals surface area contributed by atoms with Crippen LogP contribution >= 0.6 is 24.0 Å². The van der Waals surface area contributed by atoms with Crippen LogP contribution in [0.4, 0.5) is 5.69 Å². The second kappa shape index (κ2) is 8.31. The van der Waals surface area contributed by atoms with E-state index in [9.17, 15) is 9.59 Å². The lowest BCUT2D eigenvalue weighted by atomic mass is 10.0. The van der Waals surface area contributed by atoms with E-state index in [-0.39, 0.29) is 11.7 Å². The van der Waals surface area contributed by atoms with Crippen molar-refractivity contribution in [1.82, 2.24) is 4.90 Å². The van der Waals surface area contributed by atoms with Crippen molar-refractivity contribution < 1.29 is 9.59 Å². The first-order chi connectivity index (χ1) is 11.0. The number of carbonyl (C=O) groups is 2. The molecule has 1 fully saturated rings. The van der Waals surface area contributed by atoms with Crippen molar-refractivity contribution in [3.63, 3.8) is 0 Å². The van der Waals surface area contributed by atoms with Gasteiger partial charge in [-0.25, -0.2) is 0 Å². The number of hydrogen-bond acceptors (Lipinski definition) is 4. The van der Waals surface area contributed by atoms with Gasteiger partial charge in [-0.2, -0.15) is 0 Å². The Morgan fingerprint density at radius 1 is 1.39 bits per heavy atom. The van der Waals surface area contributed by atoms with Gasteiger partial charge in [-0.15, -0.1) is 0 Å². The second-order valence-corrected chi connectivity index (χ2v) is 7.35. The predicted molar refractivity (Wildman–Crippen MR) is 98.6 cm³/mol. The monoisotopic (exact) mass is 351 g/mol. The van der Waals surface area contributed by atoms with Gasteiger partial charge in [-0.1, -0.05) is 30.9 Å². The third-order valence-electron chi connectivity index (χ3n) is 3.70. The Hall–Kier alpha value is -1.60. The number of nitrogens with two attached hydrogens (primary N) is 1. The van der Waals surface area contributed by atoms with Crippen molar-refractivity contribution in [2.24, 2.45) is 11.7 Å². The largest absolute Gasteiger partial charge is 0.366 e. The SMILES string of the molecule is C[C@H]1CCCN(C(=S)SCC(=O)Nc2ccc(C(N)=O)cc2)C1. The second-order valence-electron chi connectivity index (χ2n) is 5.74. The summed E-state index contributed by atoms with van der Waals surface area (Å²) < 4.78 is 0.788. The number of piperidine rings is 1. The Morgan fingerprint density at radius 3 is 2.70 bits per heavy atom. The van der Waals surface area contributed by atoms with Crippen LogP contribution in [0.25, 0.3) is 0 Å². The fourth-order valence-corrected chi connectivity index (χ4v) is 3.51. The Kier molecular flexibility index (Phi) is 6.41. The lowest BCUT2D eigenvalue weighted by Gasteiger charge is -2.32. The molecule has 1 atom stereocenters. The van der Waals surface area contributed by atoms with E-state index < -0.39 is 5.91 Å². The number of amides is 2. The van der Waals surface area contributed by atoms with E-state index >= 15 is 0 Å². The van der Waals surface area contributed by atoms with Gasteiger partial charge in [0.1, 0.15) is 4.32 Å². The third kappa shape index (κ3) is 5.51. The van der Waals surface area contributed by atoms with E-state index in [1.807, 2.05) is 0 Å². The van der Waals surface area contributed by atoms with Crippen molar-refractivity contribution >= 4 is 45.8 Å². The lowest BCUT2D eigenvalue weighted by Crippen LogP contribution is -2.37. The number of anilines is 1. The molecule has 0 unspecified atom stereocenters. The number of thiocarbonyl (C=S) groups is 1. The Bertz CT molecular complexity index is 589. The summed E-state index contributed by atoms with van der Waals surface area (Å²) in [5, 5.41) is 2.79. The first kappa shape index (κ1) is 17.7. The van der Waals surface area contributed by atoms with Crippen molar-refractivity contribution in [3.05, 3.63) is 29.8 Å². The van der Waals surface area contributed by atoms with E-state index in [1.165, 1.54) is 18.2 Å². The number of benzene rings is 1. The quantitative estimate of drug-likeness (QED) is 0.815.